The molecule has 82 valence electrons. The van der Waals surface area contributed by atoms with Gasteiger partial charge in [-0.3, -0.25) is 0 Å². The summed E-state index contributed by atoms with van der Waals surface area (Å²) in [5, 5.41) is 9.07. The number of imidazole rings is 1. The van der Waals surface area contributed by atoms with Gasteiger partial charge in [0.1, 0.15) is 17.6 Å². The van der Waals surface area contributed by atoms with E-state index in [0.717, 1.165) is 25.2 Å². The molecule has 1 unspecified atom stereocenters. The Morgan fingerprint density at radius 2 is 2.40 bits per heavy atom. The van der Waals surface area contributed by atoms with E-state index in [9.17, 15) is 4.79 Å². The molecule has 0 aliphatic carbocycles. The normalized spacial score (nSPS) is 20.0. The van der Waals surface area contributed by atoms with E-state index >= 15 is 0 Å². The summed E-state index contributed by atoms with van der Waals surface area (Å²) < 4.78 is 7.05. The largest absolute Gasteiger partial charge is 0.477 e. The van der Waals surface area contributed by atoms with Crippen LogP contribution >= 0.6 is 0 Å². The molecule has 5 heteroatoms. The number of aromatic nitrogens is 2. The lowest BCUT2D eigenvalue weighted by molar-refractivity contribution is 0.0639. The Morgan fingerprint density at radius 3 is 3.00 bits per heavy atom. The van der Waals surface area contributed by atoms with Crippen LogP contribution in [0.4, 0.5) is 0 Å². The Labute approximate surface area is 87.7 Å². The number of carbonyl (C=O) groups is 1. The molecule has 15 heavy (non-hydrogen) atoms. The summed E-state index contributed by atoms with van der Waals surface area (Å²) in [6.45, 7) is 2.44. The molecule has 0 fully saturated rings. The number of methoxy groups -OCH3 is 1. The van der Waals surface area contributed by atoms with Gasteiger partial charge in [-0.1, -0.05) is 0 Å². The second-order valence-corrected chi connectivity index (χ2v) is 3.73. The first-order chi connectivity index (χ1) is 7.15. The van der Waals surface area contributed by atoms with E-state index in [-0.39, 0.29) is 6.10 Å². The summed E-state index contributed by atoms with van der Waals surface area (Å²) in [5.41, 5.74) is 0.869. The first-order valence-electron chi connectivity index (χ1n) is 4.98. The first kappa shape index (κ1) is 10.2. The summed E-state index contributed by atoms with van der Waals surface area (Å²) in [5.74, 6) is -0.165. The second-order valence-electron chi connectivity index (χ2n) is 3.73. The highest BCUT2D eigenvalue weighted by molar-refractivity contribution is 5.87. The molecule has 0 radical (unpaired) electrons. The van der Waals surface area contributed by atoms with Gasteiger partial charge in [-0.15, -0.1) is 0 Å². The van der Waals surface area contributed by atoms with Crippen molar-refractivity contribution >= 4 is 5.97 Å². The Kier molecular flexibility index (Phi) is 2.48. The number of carboxylic acid groups (broad SMARTS) is 1. The van der Waals surface area contributed by atoms with Gasteiger partial charge in [-0.25, -0.2) is 9.78 Å². The number of hydrogen-bond donors (Lipinski definition) is 1. The summed E-state index contributed by atoms with van der Waals surface area (Å²) in [6, 6.07) is 0. The third-order valence-corrected chi connectivity index (χ3v) is 2.79. The van der Waals surface area contributed by atoms with Crippen LogP contribution in [-0.4, -0.2) is 27.7 Å². The topological polar surface area (TPSA) is 64.4 Å². The third kappa shape index (κ3) is 1.52. The number of ether oxygens (including phenoxy) is 1. The van der Waals surface area contributed by atoms with Crippen molar-refractivity contribution in [1.82, 2.24) is 9.55 Å². The van der Waals surface area contributed by atoms with Gasteiger partial charge in [0.2, 0.25) is 0 Å². The monoisotopic (exact) mass is 210 g/mol. The molecule has 2 rings (SSSR count). The van der Waals surface area contributed by atoms with Crippen molar-refractivity contribution in [2.24, 2.45) is 0 Å². The molecule has 0 saturated carbocycles. The zero-order valence-corrected chi connectivity index (χ0v) is 8.86. The highest BCUT2D eigenvalue weighted by Gasteiger charge is 2.28. The van der Waals surface area contributed by atoms with Crippen molar-refractivity contribution in [1.29, 1.82) is 0 Å². The van der Waals surface area contributed by atoms with Gasteiger partial charge < -0.3 is 14.4 Å². The number of fused-ring (bicyclic) bond motifs is 1. The van der Waals surface area contributed by atoms with E-state index in [1.54, 1.807) is 18.6 Å². The summed E-state index contributed by atoms with van der Waals surface area (Å²) >= 11 is 0. The second kappa shape index (κ2) is 3.66. The minimum absolute atomic E-state index is 0.0643. The van der Waals surface area contributed by atoms with Crippen molar-refractivity contribution < 1.29 is 14.6 Å². The predicted molar refractivity (Wildman–Crippen MR) is 52.9 cm³/mol. The molecule has 0 saturated heterocycles. The number of nitrogens with zero attached hydrogens (tertiary/aromatic N) is 2. The molecule has 5 nitrogen and oxygen atoms in total. The SMILES string of the molecule is COC1CCCn2c1nc(C)c2C(=O)O. The number of aryl methyl sites for hydroxylation is 1. The highest BCUT2D eigenvalue weighted by atomic mass is 16.5. The molecule has 0 aromatic carbocycles. The molecule has 2 heterocycles. The predicted octanol–water partition coefficient (Wildman–Crippen LogP) is 1.37. The van der Waals surface area contributed by atoms with Gasteiger partial charge in [0.25, 0.3) is 0 Å². The van der Waals surface area contributed by atoms with Crippen LogP contribution in [0.3, 0.4) is 0 Å². The van der Waals surface area contributed by atoms with E-state index in [0.29, 0.717) is 11.4 Å². The van der Waals surface area contributed by atoms with Gasteiger partial charge in [0.05, 0.1) is 5.69 Å². The average molecular weight is 210 g/mol. The van der Waals surface area contributed by atoms with Crippen molar-refractivity contribution in [3.05, 3.63) is 17.2 Å². The van der Waals surface area contributed by atoms with Crippen molar-refractivity contribution in [2.75, 3.05) is 7.11 Å². The van der Waals surface area contributed by atoms with Gasteiger partial charge in [0, 0.05) is 13.7 Å². The molecular weight excluding hydrogens is 196 g/mol. The highest BCUT2D eigenvalue weighted by Crippen LogP contribution is 2.29. The van der Waals surface area contributed by atoms with Crippen molar-refractivity contribution in [3.8, 4) is 0 Å². The maximum atomic E-state index is 11.0. The van der Waals surface area contributed by atoms with Crippen molar-refractivity contribution in [3.63, 3.8) is 0 Å². The maximum absolute atomic E-state index is 11.0. The molecule has 0 spiro atoms. The minimum atomic E-state index is -0.914. The Bertz CT molecular complexity index is 398. The zero-order valence-electron chi connectivity index (χ0n) is 8.86. The molecule has 1 aliphatic rings. The molecule has 1 atom stereocenters. The molecule has 1 aromatic heterocycles. The van der Waals surface area contributed by atoms with Crippen LogP contribution in [0.2, 0.25) is 0 Å². The summed E-state index contributed by atoms with van der Waals surface area (Å²) in [6.07, 6.45) is 1.78. The molecule has 1 aromatic rings. The quantitative estimate of drug-likeness (QED) is 0.800. The van der Waals surface area contributed by atoms with E-state index in [2.05, 4.69) is 4.98 Å². The Balaban J connectivity index is 2.52. The van der Waals surface area contributed by atoms with E-state index in [1.807, 2.05) is 0 Å². The van der Waals surface area contributed by atoms with E-state index in [1.165, 1.54) is 0 Å². The maximum Gasteiger partial charge on any atom is 0.354 e. The first-order valence-corrected chi connectivity index (χ1v) is 4.98. The fraction of sp³-hybridized carbons (Fsp3) is 0.600. The average Bonchev–Trinajstić information content (AvgIpc) is 2.53. The lowest BCUT2D eigenvalue weighted by Gasteiger charge is -2.22. The summed E-state index contributed by atoms with van der Waals surface area (Å²) in [4.78, 5) is 15.3. The van der Waals surface area contributed by atoms with Crippen LogP contribution in [0.1, 0.15) is 41.0 Å². The number of hydrogen-bond acceptors (Lipinski definition) is 3. The van der Waals surface area contributed by atoms with Gasteiger partial charge in [-0.05, 0) is 19.8 Å². The van der Waals surface area contributed by atoms with Crippen LogP contribution in [0.25, 0.3) is 0 Å². The van der Waals surface area contributed by atoms with Gasteiger partial charge in [-0.2, -0.15) is 0 Å². The number of aromatic carboxylic acids is 1. The van der Waals surface area contributed by atoms with Crippen LogP contribution in [0.5, 0.6) is 0 Å². The molecule has 0 bridgehead atoms. The fourth-order valence-electron chi connectivity index (χ4n) is 2.12. The Morgan fingerprint density at radius 1 is 1.67 bits per heavy atom. The zero-order chi connectivity index (χ0) is 11.0. The number of rotatable bonds is 2. The molecule has 0 amide bonds. The van der Waals surface area contributed by atoms with Gasteiger partial charge >= 0.3 is 5.97 Å². The lowest BCUT2D eigenvalue weighted by atomic mass is 10.1. The van der Waals surface area contributed by atoms with Crippen molar-refractivity contribution in [2.45, 2.75) is 32.4 Å². The minimum Gasteiger partial charge on any atom is -0.477 e. The standard InChI is InChI=1S/C10H14N2O3/c1-6-8(10(13)14)12-5-3-4-7(15-2)9(12)11-6/h7H,3-5H2,1-2H3,(H,13,14). The molecular formula is C10H14N2O3. The lowest BCUT2D eigenvalue weighted by Crippen LogP contribution is -2.20. The van der Waals surface area contributed by atoms with E-state index < -0.39 is 5.97 Å². The van der Waals surface area contributed by atoms with Crippen LogP contribution in [0, 0.1) is 6.92 Å². The smallest absolute Gasteiger partial charge is 0.354 e. The van der Waals surface area contributed by atoms with Gasteiger partial charge in [0.15, 0.2) is 0 Å². The third-order valence-electron chi connectivity index (χ3n) is 2.79. The van der Waals surface area contributed by atoms with Crippen LogP contribution < -0.4 is 0 Å². The fourth-order valence-corrected chi connectivity index (χ4v) is 2.12. The Hall–Kier alpha value is -1.36. The van der Waals surface area contributed by atoms with Crippen LogP contribution in [0.15, 0.2) is 0 Å². The number of carboxylic acids is 1. The molecule has 1 aliphatic heterocycles. The summed E-state index contributed by atoms with van der Waals surface area (Å²) in [7, 11) is 1.63. The van der Waals surface area contributed by atoms with E-state index in [4.69, 9.17) is 9.84 Å². The molecule has 1 N–H and O–H groups in total. The van der Waals surface area contributed by atoms with Crippen LogP contribution in [-0.2, 0) is 11.3 Å².